The van der Waals surface area contributed by atoms with Gasteiger partial charge in [-0.25, -0.2) is 4.39 Å². The average Bonchev–Trinajstić information content (AvgIpc) is 2.89. The van der Waals surface area contributed by atoms with E-state index < -0.39 is 0 Å². The van der Waals surface area contributed by atoms with Crippen molar-refractivity contribution < 1.29 is 9.13 Å². The van der Waals surface area contributed by atoms with Crippen LogP contribution in [0.3, 0.4) is 0 Å². The molecule has 0 spiro atoms. The highest BCUT2D eigenvalue weighted by Crippen LogP contribution is 2.39. The van der Waals surface area contributed by atoms with Gasteiger partial charge in [0.05, 0.1) is 6.61 Å². The molecule has 2 aromatic rings. The van der Waals surface area contributed by atoms with Crippen LogP contribution in [-0.2, 0) is 6.54 Å². The van der Waals surface area contributed by atoms with Crippen LogP contribution in [0.5, 0.6) is 5.75 Å². The van der Waals surface area contributed by atoms with Gasteiger partial charge in [-0.05, 0) is 17.7 Å². The van der Waals surface area contributed by atoms with Crippen LogP contribution in [0.2, 0.25) is 0 Å². The SMILES string of the molecule is NCc1cccc(F)c1OCC1CSc2ccccc21. The summed E-state index contributed by atoms with van der Waals surface area (Å²) in [4.78, 5) is 1.30. The maximum atomic E-state index is 13.8. The molecule has 4 heteroatoms. The molecule has 0 aliphatic carbocycles. The van der Waals surface area contributed by atoms with Gasteiger partial charge in [-0.1, -0.05) is 30.3 Å². The van der Waals surface area contributed by atoms with Crippen LogP contribution < -0.4 is 10.5 Å². The van der Waals surface area contributed by atoms with E-state index in [1.54, 1.807) is 12.1 Å². The third-order valence-electron chi connectivity index (χ3n) is 3.50. The molecule has 0 saturated carbocycles. The molecule has 1 aliphatic rings. The first-order valence-electron chi connectivity index (χ1n) is 6.61. The van der Waals surface area contributed by atoms with Crippen molar-refractivity contribution in [1.29, 1.82) is 0 Å². The molecule has 0 saturated heterocycles. The van der Waals surface area contributed by atoms with Gasteiger partial charge in [-0.2, -0.15) is 0 Å². The Balaban J connectivity index is 1.75. The zero-order valence-corrected chi connectivity index (χ0v) is 11.8. The summed E-state index contributed by atoms with van der Waals surface area (Å²) in [6.45, 7) is 0.765. The van der Waals surface area contributed by atoms with Crippen molar-refractivity contribution in [2.24, 2.45) is 5.73 Å². The van der Waals surface area contributed by atoms with E-state index in [0.717, 1.165) is 5.75 Å². The smallest absolute Gasteiger partial charge is 0.165 e. The van der Waals surface area contributed by atoms with Crippen molar-refractivity contribution in [2.75, 3.05) is 12.4 Å². The molecular weight excluding hydrogens is 273 g/mol. The summed E-state index contributed by atoms with van der Waals surface area (Å²) in [7, 11) is 0. The first kappa shape index (κ1) is 13.5. The van der Waals surface area contributed by atoms with Crippen LogP contribution in [0.1, 0.15) is 17.0 Å². The summed E-state index contributed by atoms with van der Waals surface area (Å²) in [5, 5.41) is 0. The molecule has 2 aromatic carbocycles. The van der Waals surface area contributed by atoms with Gasteiger partial charge >= 0.3 is 0 Å². The van der Waals surface area contributed by atoms with E-state index in [4.69, 9.17) is 10.5 Å². The number of thioether (sulfide) groups is 1. The van der Waals surface area contributed by atoms with Crippen LogP contribution in [0.25, 0.3) is 0 Å². The van der Waals surface area contributed by atoms with Crippen molar-refractivity contribution in [1.82, 2.24) is 0 Å². The number of hydrogen-bond acceptors (Lipinski definition) is 3. The molecule has 2 nitrogen and oxygen atoms in total. The average molecular weight is 289 g/mol. The number of para-hydroxylation sites is 1. The Bertz CT molecular complexity index is 617. The molecule has 0 bridgehead atoms. The van der Waals surface area contributed by atoms with Gasteiger partial charge in [0.2, 0.25) is 0 Å². The fraction of sp³-hybridized carbons (Fsp3) is 0.250. The zero-order valence-electron chi connectivity index (χ0n) is 11.0. The van der Waals surface area contributed by atoms with Crippen LogP contribution in [0, 0.1) is 5.82 Å². The third kappa shape index (κ3) is 2.53. The van der Waals surface area contributed by atoms with Gasteiger partial charge in [-0.3, -0.25) is 0 Å². The number of hydrogen-bond donors (Lipinski definition) is 1. The van der Waals surface area contributed by atoms with Gasteiger partial charge in [0.25, 0.3) is 0 Å². The van der Waals surface area contributed by atoms with E-state index in [1.807, 2.05) is 23.9 Å². The van der Waals surface area contributed by atoms with Gasteiger partial charge < -0.3 is 10.5 Å². The van der Waals surface area contributed by atoms with Crippen molar-refractivity contribution in [3.05, 3.63) is 59.4 Å². The molecule has 2 N–H and O–H groups in total. The maximum absolute atomic E-state index is 13.8. The van der Waals surface area contributed by atoms with Crippen LogP contribution in [0.4, 0.5) is 4.39 Å². The van der Waals surface area contributed by atoms with Gasteiger partial charge in [0.1, 0.15) is 0 Å². The molecule has 20 heavy (non-hydrogen) atoms. The van der Waals surface area contributed by atoms with Gasteiger partial charge in [-0.15, -0.1) is 11.8 Å². The lowest BCUT2D eigenvalue weighted by molar-refractivity contribution is 0.281. The fourth-order valence-electron chi connectivity index (χ4n) is 2.43. The molecule has 0 fully saturated rings. The largest absolute Gasteiger partial charge is 0.490 e. The summed E-state index contributed by atoms with van der Waals surface area (Å²) in [5.41, 5.74) is 7.64. The molecule has 3 rings (SSSR count). The lowest BCUT2D eigenvalue weighted by Crippen LogP contribution is -2.12. The van der Waals surface area contributed by atoms with Gasteiger partial charge in [0, 0.05) is 28.7 Å². The second-order valence-corrected chi connectivity index (χ2v) is 5.85. The number of benzene rings is 2. The van der Waals surface area contributed by atoms with E-state index in [-0.39, 0.29) is 12.4 Å². The second kappa shape index (κ2) is 5.85. The molecule has 0 radical (unpaired) electrons. The lowest BCUT2D eigenvalue weighted by atomic mass is 10.0. The van der Waals surface area contributed by atoms with Crippen molar-refractivity contribution in [3.8, 4) is 5.75 Å². The highest BCUT2D eigenvalue weighted by atomic mass is 32.2. The first-order chi connectivity index (χ1) is 9.79. The predicted octanol–water partition coefficient (Wildman–Crippen LogP) is 3.55. The normalized spacial score (nSPS) is 17.0. The highest BCUT2D eigenvalue weighted by Gasteiger charge is 2.24. The Morgan fingerprint density at radius 1 is 1.20 bits per heavy atom. The van der Waals surface area contributed by atoms with Crippen LogP contribution in [-0.4, -0.2) is 12.4 Å². The number of ether oxygens (including phenoxy) is 1. The Kier molecular flexibility index (Phi) is 3.94. The first-order valence-corrected chi connectivity index (χ1v) is 7.60. The molecule has 1 atom stereocenters. The van der Waals surface area contributed by atoms with Crippen molar-refractivity contribution in [3.63, 3.8) is 0 Å². The van der Waals surface area contributed by atoms with Crippen LogP contribution in [0.15, 0.2) is 47.4 Å². The number of nitrogens with two attached hydrogens (primary N) is 1. The Morgan fingerprint density at radius 2 is 2.05 bits per heavy atom. The molecule has 1 aliphatic heterocycles. The van der Waals surface area contributed by atoms with E-state index in [1.165, 1.54) is 16.5 Å². The van der Waals surface area contributed by atoms with E-state index in [2.05, 4.69) is 12.1 Å². The summed E-state index contributed by atoms with van der Waals surface area (Å²) < 4.78 is 19.6. The fourth-order valence-corrected chi connectivity index (χ4v) is 3.66. The summed E-state index contributed by atoms with van der Waals surface area (Å²) >= 11 is 1.83. The van der Waals surface area contributed by atoms with Crippen molar-refractivity contribution in [2.45, 2.75) is 17.4 Å². The van der Waals surface area contributed by atoms with E-state index >= 15 is 0 Å². The molecule has 1 heterocycles. The molecular formula is C16H16FNOS. The number of halogens is 1. The van der Waals surface area contributed by atoms with E-state index in [0.29, 0.717) is 23.8 Å². The zero-order chi connectivity index (χ0) is 13.9. The molecule has 104 valence electrons. The summed E-state index contributed by atoms with van der Waals surface area (Å²) in [5.74, 6) is 1.24. The lowest BCUT2D eigenvalue weighted by Gasteiger charge is -2.15. The molecule has 1 unspecified atom stereocenters. The van der Waals surface area contributed by atoms with E-state index in [9.17, 15) is 4.39 Å². The summed E-state index contributed by atoms with van der Waals surface area (Å²) in [6.07, 6.45) is 0. The minimum absolute atomic E-state index is 0.281. The van der Waals surface area contributed by atoms with Gasteiger partial charge in [0.15, 0.2) is 11.6 Å². The monoisotopic (exact) mass is 289 g/mol. The molecule has 0 aromatic heterocycles. The minimum atomic E-state index is -0.341. The third-order valence-corrected chi connectivity index (χ3v) is 4.75. The predicted molar refractivity (Wildman–Crippen MR) is 79.7 cm³/mol. The second-order valence-electron chi connectivity index (χ2n) is 4.79. The Hall–Kier alpha value is -1.52. The minimum Gasteiger partial charge on any atom is -0.490 e. The number of rotatable bonds is 4. The standard InChI is InChI=1S/C16H16FNOS/c17-14-6-3-4-11(8-18)16(14)19-9-12-10-20-15-7-2-1-5-13(12)15/h1-7,12H,8-10,18H2. The topological polar surface area (TPSA) is 35.2 Å². The highest BCUT2D eigenvalue weighted by molar-refractivity contribution is 7.99. The Morgan fingerprint density at radius 3 is 2.90 bits per heavy atom. The van der Waals surface area contributed by atoms with Crippen LogP contribution >= 0.6 is 11.8 Å². The molecule has 0 amide bonds. The number of fused-ring (bicyclic) bond motifs is 1. The Labute approximate surface area is 122 Å². The quantitative estimate of drug-likeness (QED) is 0.935. The summed E-state index contributed by atoms with van der Waals surface area (Å²) in [6, 6.07) is 13.2. The maximum Gasteiger partial charge on any atom is 0.165 e. The van der Waals surface area contributed by atoms with Crippen molar-refractivity contribution >= 4 is 11.8 Å².